The fourth-order valence-corrected chi connectivity index (χ4v) is 3.79. The van der Waals surface area contributed by atoms with Gasteiger partial charge in [-0.1, -0.05) is 12.1 Å². The highest BCUT2D eigenvalue weighted by Crippen LogP contribution is 2.15. The predicted molar refractivity (Wildman–Crippen MR) is 139 cm³/mol. The molecule has 16 nitrogen and oxygen atoms in total. The second kappa shape index (κ2) is 18.1. The van der Waals surface area contributed by atoms with Crippen LogP contribution in [0.1, 0.15) is 12.5 Å². The van der Waals surface area contributed by atoms with Crippen molar-refractivity contribution in [2.24, 2.45) is 0 Å². The summed E-state index contributed by atoms with van der Waals surface area (Å²) < 4.78 is 31.7. The summed E-state index contributed by atoms with van der Waals surface area (Å²) in [5, 5.41) is 53.5. The molecule has 0 fully saturated rings. The predicted octanol–water partition coefficient (Wildman–Crippen LogP) is -0.469. The zero-order valence-electron chi connectivity index (χ0n) is 22.8. The highest BCUT2D eigenvalue weighted by Gasteiger charge is 2.38. The van der Waals surface area contributed by atoms with E-state index >= 15 is 0 Å². The minimum Gasteiger partial charge on any atom is -0.480 e. The number of nitrogen functional groups attached to an aromatic ring is 1. The average Bonchev–Trinajstić information content (AvgIpc) is 2.82. The molecule has 0 heterocycles. The summed E-state index contributed by atoms with van der Waals surface area (Å²) in [7, 11) is 0. The van der Waals surface area contributed by atoms with Crippen molar-refractivity contribution in [3.63, 3.8) is 0 Å². The van der Waals surface area contributed by atoms with E-state index in [1.54, 1.807) is 31.2 Å². The molecule has 2 unspecified atom stereocenters. The fourth-order valence-electron chi connectivity index (χ4n) is 3.79. The van der Waals surface area contributed by atoms with Crippen molar-refractivity contribution in [1.29, 1.82) is 0 Å². The lowest BCUT2D eigenvalue weighted by atomic mass is 10.0. The Kier molecular flexibility index (Phi) is 16.2. The Labute approximate surface area is 242 Å². The summed E-state index contributed by atoms with van der Waals surface area (Å²) in [4.78, 5) is 69.5. The Morgan fingerprint density at radius 2 is 1.07 bits per heavy atom. The van der Waals surface area contributed by atoms with Crippen LogP contribution in [0, 0.1) is 0 Å². The lowest BCUT2D eigenvalue weighted by molar-refractivity contribution is -0.192. The molecule has 8 N–H and O–H groups in total. The molecule has 0 spiro atoms. The van der Waals surface area contributed by atoms with Gasteiger partial charge < -0.3 is 36.4 Å². The van der Waals surface area contributed by atoms with Crippen molar-refractivity contribution in [1.82, 2.24) is 14.7 Å². The van der Waals surface area contributed by atoms with Gasteiger partial charge in [-0.25, -0.2) is 4.79 Å². The maximum atomic E-state index is 11.6. The quantitative estimate of drug-likeness (QED) is 0.102. The molecule has 0 radical (unpaired) electrons. The first-order valence-electron chi connectivity index (χ1n) is 12.1. The Hall–Kier alpha value is -4.49. The van der Waals surface area contributed by atoms with E-state index in [0.717, 1.165) is 4.90 Å². The summed E-state index contributed by atoms with van der Waals surface area (Å²) in [6.45, 7) is -1.55. The van der Waals surface area contributed by atoms with Gasteiger partial charge in [0.1, 0.15) is 0 Å². The molecule has 0 aliphatic carbocycles. The topological polar surface area (TPSA) is 260 Å². The van der Waals surface area contributed by atoms with Crippen LogP contribution in [0.2, 0.25) is 0 Å². The van der Waals surface area contributed by atoms with Gasteiger partial charge in [0, 0.05) is 30.9 Å². The summed E-state index contributed by atoms with van der Waals surface area (Å²) in [5.41, 5.74) is 6.90. The standard InChI is InChI=1S/C22H32N4O10.C2HF3O2/c1-14(25(10-19(29)30)11-20(31)32)7-24(9-18(27)28)8-17(6-15-2-4-16(23)5-3-15)26(12-21(33)34)13-22(35)36;3-2(4,5)1(6)7/h2-5,14,17H,6-13,23H2,1H3,(H,27,28)(H,29,30)(H,31,32)(H,33,34)(H,35,36);(H,6,7). The Morgan fingerprint density at radius 1 is 0.698 bits per heavy atom. The minimum absolute atomic E-state index is 0.0704. The van der Waals surface area contributed by atoms with Crippen LogP contribution in [0.25, 0.3) is 0 Å². The molecule has 1 aromatic carbocycles. The third kappa shape index (κ3) is 17.8. The Balaban J connectivity index is 0.00000223. The molecule has 242 valence electrons. The summed E-state index contributed by atoms with van der Waals surface area (Å²) in [5.74, 6) is -9.05. The van der Waals surface area contributed by atoms with Gasteiger partial charge in [0.15, 0.2) is 0 Å². The van der Waals surface area contributed by atoms with Crippen molar-refractivity contribution in [2.75, 3.05) is 51.5 Å². The number of benzene rings is 1. The molecule has 0 aromatic heterocycles. The first-order chi connectivity index (χ1) is 19.7. The molecule has 1 rings (SSSR count). The van der Waals surface area contributed by atoms with Crippen LogP contribution in [-0.2, 0) is 35.2 Å². The van der Waals surface area contributed by atoms with E-state index in [-0.39, 0.29) is 19.5 Å². The van der Waals surface area contributed by atoms with Gasteiger partial charge in [-0.2, -0.15) is 13.2 Å². The van der Waals surface area contributed by atoms with E-state index in [4.69, 9.17) is 25.8 Å². The molecular formula is C24H33F3N4O12. The van der Waals surface area contributed by atoms with E-state index in [1.165, 1.54) is 9.80 Å². The highest BCUT2D eigenvalue weighted by molar-refractivity contribution is 5.74. The Morgan fingerprint density at radius 3 is 1.42 bits per heavy atom. The smallest absolute Gasteiger partial charge is 0.480 e. The monoisotopic (exact) mass is 626 g/mol. The molecule has 2 atom stereocenters. The number of rotatable bonds is 18. The van der Waals surface area contributed by atoms with Crippen LogP contribution < -0.4 is 5.73 Å². The third-order valence-electron chi connectivity index (χ3n) is 5.54. The van der Waals surface area contributed by atoms with E-state index in [2.05, 4.69) is 0 Å². The number of anilines is 1. The minimum atomic E-state index is -5.08. The maximum Gasteiger partial charge on any atom is 0.490 e. The molecule has 0 bridgehead atoms. The van der Waals surface area contributed by atoms with Gasteiger partial charge in [0.05, 0.1) is 32.7 Å². The van der Waals surface area contributed by atoms with E-state index in [9.17, 15) is 52.5 Å². The van der Waals surface area contributed by atoms with E-state index in [1.807, 2.05) is 0 Å². The number of hydrogen-bond donors (Lipinski definition) is 7. The third-order valence-corrected chi connectivity index (χ3v) is 5.54. The molecule has 0 aliphatic heterocycles. The number of nitrogens with zero attached hydrogens (tertiary/aromatic N) is 3. The molecule has 1 aromatic rings. The number of aliphatic carboxylic acids is 6. The SMILES string of the molecule is CC(CN(CC(=O)O)CC(Cc1ccc(N)cc1)N(CC(=O)O)CC(=O)O)N(CC(=O)O)CC(=O)O.O=C(O)C(F)(F)F. The van der Waals surface area contributed by atoms with Crippen LogP contribution in [0.15, 0.2) is 24.3 Å². The van der Waals surface area contributed by atoms with Crippen molar-refractivity contribution in [2.45, 2.75) is 31.6 Å². The summed E-state index contributed by atoms with van der Waals surface area (Å²) >= 11 is 0. The van der Waals surface area contributed by atoms with Crippen molar-refractivity contribution in [3.8, 4) is 0 Å². The second-order valence-corrected chi connectivity index (χ2v) is 9.22. The zero-order valence-corrected chi connectivity index (χ0v) is 22.8. The van der Waals surface area contributed by atoms with Crippen LogP contribution in [0.5, 0.6) is 0 Å². The van der Waals surface area contributed by atoms with Gasteiger partial charge in [0.25, 0.3) is 0 Å². The zero-order chi connectivity index (χ0) is 33.5. The molecule has 43 heavy (non-hydrogen) atoms. The number of alkyl halides is 3. The van der Waals surface area contributed by atoms with Crippen LogP contribution in [0.3, 0.4) is 0 Å². The second-order valence-electron chi connectivity index (χ2n) is 9.22. The first-order valence-corrected chi connectivity index (χ1v) is 12.1. The highest BCUT2D eigenvalue weighted by atomic mass is 19.4. The number of halogens is 3. The molecular weight excluding hydrogens is 593 g/mol. The number of nitrogens with two attached hydrogens (primary N) is 1. The van der Waals surface area contributed by atoms with Gasteiger partial charge in [-0.3, -0.25) is 38.7 Å². The summed E-state index contributed by atoms with van der Waals surface area (Å²) in [6, 6.07) is 5.15. The Bertz CT molecular complexity index is 1090. The van der Waals surface area contributed by atoms with Crippen molar-refractivity contribution >= 4 is 41.5 Å². The number of hydrogen-bond acceptors (Lipinski definition) is 10. The lowest BCUT2D eigenvalue weighted by Crippen LogP contribution is -2.53. The number of carbonyl (C=O) groups is 6. The first kappa shape index (κ1) is 38.5. The number of carboxylic acids is 6. The fraction of sp³-hybridized carbons (Fsp3) is 0.500. The van der Waals surface area contributed by atoms with E-state index in [0.29, 0.717) is 11.3 Å². The van der Waals surface area contributed by atoms with Gasteiger partial charge >= 0.3 is 42.0 Å². The number of carboxylic acid groups (broad SMARTS) is 6. The molecule has 0 saturated heterocycles. The average molecular weight is 627 g/mol. The van der Waals surface area contributed by atoms with Crippen LogP contribution in [0.4, 0.5) is 18.9 Å². The molecule has 0 amide bonds. The van der Waals surface area contributed by atoms with Crippen molar-refractivity contribution in [3.05, 3.63) is 29.8 Å². The maximum absolute atomic E-state index is 11.6. The molecule has 19 heteroatoms. The van der Waals surface area contributed by atoms with Gasteiger partial charge in [-0.05, 0) is 31.0 Å². The van der Waals surface area contributed by atoms with Gasteiger partial charge in [-0.15, -0.1) is 0 Å². The van der Waals surface area contributed by atoms with E-state index < -0.39 is 86.8 Å². The van der Waals surface area contributed by atoms with Gasteiger partial charge in [0.2, 0.25) is 0 Å². The molecule has 0 aliphatic rings. The molecule has 0 saturated carbocycles. The lowest BCUT2D eigenvalue weighted by Gasteiger charge is -2.36. The summed E-state index contributed by atoms with van der Waals surface area (Å²) in [6.07, 6.45) is -4.92. The van der Waals surface area contributed by atoms with Crippen molar-refractivity contribution < 1.29 is 72.6 Å². The normalized spacial score (nSPS) is 12.7. The van der Waals surface area contributed by atoms with Crippen LogP contribution in [-0.4, -0.2) is 145 Å². The van der Waals surface area contributed by atoms with Crippen LogP contribution >= 0.6 is 0 Å². The largest absolute Gasteiger partial charge is 0.490 e.